The maximum absolute atomic E-state index is 14.9. The number of carbonyl (C=O) groups excluding carboxylic acids is 1. The van der Waals surface area contributed by atoms with Gasteiger partial charge in [-0.25, -0.2) is 9.18 Å². The largest absolute Gasteiger partial charge is 0.465 e. The van der Waals surface area contributed by atoms with Gasteiger partial charge in [0.05, 0.1) is 12.7 Å². The highest BCUT2D eigenvalue weighted by atomic mass is 35.5. The molecule has 1 aromatic heterocycles. The predicted molar refractivity (Wildman–Crippen MR) is 110 cm³/mol. The third-order valence-electron chi connectivity index (χ3n) is 4.08. The average Bonchev–Trinajstić information content (AvgIpc) is 2.78. The van der Waals surface area contributed by atoms with E-state index in [1.165, 1.54) is 19.2 Å². The van der Waals surface area contributed by atoms with Gasteiger partial charge in [0.1, 0.15) is 30.3 Å². The summed E-state index contributed by atoms with van der Waals surface area (Å²) in [5.41, 5.74) is 0.507. The molecule has 0 atom stereocenters. The Labute approximate surface area is 186 Å². The highest BCUT2D eigenvalue weighted by molar-refractivity contribution is 6.31. The second-order valence-corrected chi connectivity index (χ2v) is 6.52. The standard InChI is InChI=1S/C21H16ClF2N3O5/c1-12-14(22)5-3-7-16(12)31-20-19(24)21(26-11-25-20)32-17-8-4-6-15(23)13(17)10-30-27-9-18(28)29-2/h3-9,11H,10H2,1-2H3. The summed E-state index contributed by atoms with van der Waals surface area (Å²) >= 11 is 6.05. The number of hydrogen-bond acceptors (Lipinski definition) is 8. The van der Waals surface area contributed by atoms with E-state index in [9.17, 15) is 13.6 Å². The van der Waals surface area contributed by atoms with Crippen molar-refractivity contribution in [3.05, 3.63) is 70.5 Å². The van der Waals surface area contributed by atoms with E-state index in [1.807, 2.05) is 0 Å². The lowest BCUT2D eigenvalue weighted by Crippen LogP contribution is -2.03. The first-order valence-corrected chi connectivity index (χ1v) is 9.40. The minimum absolute atomic E-state index is 0.0826. The van der Waals surface area contributed by atoms with Crippen LogP contribution in [0.5, 0.6) is 23.3 Å². The smallest absolute Gasteiger partial charge is 0.352 e. The van der Waals surface area contributed by atoms with Crippen molar-refractivity contribution in [2.45, 2.75) is 13.5 Å². The normalized spacial score (nSPS) is 10.8. The molecule has 8 nitrogen and oxygen atoms in total. The fourth-order valence-electron chi connectivity index (χ4n) is 2.40. The molecule has 0 amide bonds. The molecular formula is C21H16ClF2N3O5. The zero-order valence-electron chi connectivity index (χ0n) is 16.8. The van der Waals surface area contributed by atoms with E-state index in [0.29, 0.717) is 16.3 Å². The second kappa shape index (κ2) is 10.5. The van der Waals surface area contributed by atoms with Crippen LogP contribution in [0.1, 0.15) is 11.1 Å². The van der Waals surface area contributed by atoms with Gasteiger partial charge in [0.15, 0.2) is 6.21 Å². The number of hydrogen-bond donors (Lipinski definition) is 0. The number of ether oxygens (including phenoxy) is 3. The summed E-state index contributed by atoms with van der Waals surface area (Å²) in [5, 5.41) is 3.81. The fourth-order valence-corrected chi connectivity index (χ4v) is 2.56. The molecule has 1 heterocycles. The van der Waals surface area contributed by atoms with Crippen LogP contribution in [0.3, 0.4) is 0 Å². The van der Waals surface area contributed by atoms with Crippen LogP contribution >= 0.6 is 11.6 Å². The monoisotopic (exact) mass is 463 g/mol. The number of carbonyl (C=O) groups is 1. The highest BCUT2D eigenvalue weighted by Crippen LogP contribution is 2.34. The maximum Gasteiger partial charge on any atom is 0.352 e. The number of nitrogens with zero attached hydrogens (tertiary/aromatic N) is 3. The van der Waals surface area contributed by atoms with Gasteiger partial charge in [0.2, 0.25) is 5.82 Å². The summed E-state index contributed by atoms with van der Waals surface area (Å²) in [5.74, 6) is -3.15. The van der Waals surface area contributed by atoms with Crippen LogP contribution in [-0.4, -0.2) is 29.3 Å². The Hall–Kier alpha value is -3.79. The van der Waals surface area contributed by atoms with E-state index < -0.39 is 36.0 Å². The first-order valence-electron chi connectivity index (χ1n) is 9.02. The Bertz CT molecular complexity index is 1160. The molecule has 0 fully saturated rings. The maximum atomic E-state index is 14.9. The summed E-state index contributed by atoms with van der Waals surface area (Å²) in [6.45, 7) is 1.29. The van der Waals surface area contributed by atoms with Gasteiger partial charge >= 0.3 is 5.97 Å². The van der Waals surface area contributed by atoms with E-state index in [0.717, 1.165) is 18.6 Å². The fraction of sp³-hybridized carbons (Fsp3) is 0.143. The number of rotatable bonds is 8. The molecule has 3 aromatic rings. The van der Waals surface area contributed by atoms with Crippen molar-refractivity contribution in [1.29, 1.82) is 0 Å². The minimum atomic E-state index is -1.01. The molecule has 0 unspecified atom stereocenters. The van der Waals surface area contributed by atoms with Gasteiger partial charge in [-0.05, 0) is 31.2 Å². The minimum Gasteiger partial charge on any atom is -0.465 e. The lowest BCUT2D eigenvalue weighted by atomic mass is 10.2. The van der Waals surface area contributed by atoms with Crippen LogP contribution in [0.2, 0.25) is 5.02 Å². The van der Waals surface area contributed by atoms with Crippen LogP contribution in [-0.2, 0) is 21.0 Å². The van der Waals surface area contributed by atoms with Crippen molar-refractivity contribution in [3.63, 3.8) is 0 Å². The summed E-state index contributed by atoms with van der Waals surface area (Å²) in [6.07, 6.45) is 1.80. The van der Waals surface area contributed by atoms with Crippen LogP contribution in [0.15, 0.2) is 47.9 Å². The first-order chi connectivity index (χ1) is 15.4. The molecule has 0 radical (unpaired) electrons. The van der Waals surface area contributed by atoms with E-state index in [-0.39, 0.29) is 11.3 Å². The van der Waals surface area contributed by atoms with Gasteiger partial charge in [-0.3, -0.25) is 0 Å². The third kappa shape index (κ3) is 5.46. The second-order valence-electron chi connectivity index (χ2n) is 6.11. The molecule has 0 bridgehead atoms. The lowest BCUT2D eigenvalue weighted by Gasteiger charge is -2.13. The molecule has 32 heavy (non-hydrogen) atoms. The zero-order valence-corrected chi connectivity index (χ0v) is 17.6. The van der Waals surface area contributed by atoms with Crippen molar-refractivity contribution in [3.8, 4) is 23.3 Å². The number of aromatic nitrogens is 2. The number of esters is 1. The highest BCUT2D eigenvalue weighted by Gasteiger charge is 2.19. The quantitative estimate of drug-likeness (QED) is 0.264. The Kier molecular flexibility index (Phi) is 7.50. The van der Waals surface area contributed by atoms with Gasteiger partial charge in [-0.1, -0.05) is 28.9 Å². The number of oxime groups is 1. The van der Waals surface area contributed by atoms with Gasteiger partial charge in [-0.15, -0.1) is 0 Å². The van der Waals surface area contributed by atoms with Gasteiger partial charge in [-0.2, -0.15) is 14.4 Å². The number of methoxy groups -OCH3 is 1. The van der Waals surface area contributed by atoms with E-state index in [1.54, 1.807) is 25.1 Å². The summed E-state index contributed by atoms with van der Waals surface area (Å²) in [6, 6.07) is 8.80. The molecular weight excluding hydrogens is 448 g/mol. The first kappa shape index (κ1) is 22.9. The van der Waals surface area contributed by atoms with E-state index in [4.69, 9.17) is 25.9 Å². The van der Waals surface area contributed by atoms with Crippen LogP contribution in [0, 0.1) is 18.6 Å². The van der Waals surface area contributed by atoms with Crippen molar-refractivity contribution < 1.29 is 32.6 Å². The molecule has 0 aliphatic carbocycles. The molecule has 0 spiro atoms. The molecule has 0 N–H and O–H groups in total. The zero-order chi connectivity index (χ0) is 23.1. The summed E-state index contributed by atoms with van der Waals surface area (Å²) < 4.78 is 44.6. The van der Waals surface area contributed by atoms with Crippen LogP contribution in [0.4, 0.5) is 8.78 Å². The summed E-state index contributed by atoms with van der Waals surface area (Å²) in [7, 11) is 1.17. The Morgan fingerprint density at radius 2 is 1.75 bits per heavy atom. The molecule has 2 aromatic carbocycles. The van der Waals surface area contributed by atoms with Crippen molar-refractivity contribution in [2.24, 2.45) is 5.16 Å². The van der Waals surface area contributed by atoms with Crippen molar-refractivity contribution in [1.82, 2.24) is 9.97 Å². The molecule has 3 rings (SSSR count). The predicted octanol–water partition coefficient (Wildman–Crippen LogP) is 4.98. The molecule has 0 aliphatic rings. The average molecular weight is 464 g/mol. The molecule has 11 heteroatoms. The van der Waals surface area contributed by atoms with E-state index >= 15 is 0 Å². The topological polar surface area (TPSA) is 92.1 Å². The Morgan fingerprint density at radius 1 is 1.09 bits per heavy atom. The number of halogens is 3. The van der Waals surface area contributed by atoms with Gasteiger partial charge < -0.3 is 19.0 Å². The lowest BCUT2D eigenvalue weighted by molar-refractivity contribution is -0.132. The third-order valence-corrected chi connectivity index (χ3v) is 4.48. The van der Waals surface area contributed by atoms with Gasteiger partial charge in [0.25, 0.3) is 11.8 Å². The van der Waals surface area contributed by atoms with E-state index in [2.05, 4.69) is 19.9 Å². The van der Waals surface area contributed by atoms with Crippen molar-refractivity contribution in [2.75, 3.05) is 7.11 Å². The molecule has 0 saturated heterocycles. The Balaban J connectivity index is 1.83. The number of benzene rings is 2. The molecule has 166 valence electrons. The molecule has 0 saturated carbocycles. The van der Waals surface area contributed by atoms with Crippen LogP contribution < -0.4 is 9.47 Å². The van der Waals surface area contributed by atoms with Crippen molar-refractivity contribution >= 4 is 23.8 Å². The Morgan fingerprint density at radius 3 is 2.47 bits per heavy atom. The molecule has 0 aliphatic heterocycles. The van der Waals surface area contributed by atoms with Crippen LogP contribution in [0.25, 0.3) is 0 Å². The van der Waals surface area contributed by atoms with Gasteiger partial charge in [0, 0.05) is 10.6 Å². The SMILES string of the molecule is COC(=O)C=NOCc1c(F)cccc1Oc1ncnc(Oc2cccc(Cl)c2C)c1F. The summed E-state index contributed by atoms with van der Waals surface area (Å²) in [4.78, 5) is 23.4.